The number of halogens is 2. The Hall–Kier alpha value is -1.75. The van der Waals surface area contributed by atoms with Crippen LogP contribution in [0.4, 0.5) is 5.69 Å². The van der Waals surface area contributed by atoms with Gasteiger partial charge in [-0.3, -0.25) is 4.79 Å². The number of anilines is 1. The van der Waals surface area contributed by atoms with Gasteiger partial charge in [0, 0.05) is 37.3 Å². The largest absolute Gasteiger partial charge is 0.382 e. The Labute approximate surface area is 174 Å². The third-order valence-corrected chi connectivity index (χ3v) is 4.86. The maximum atomic E-state index is 12.5. The van der Waals surface area contributed by atoms with Crippen molar-refractivity contribution < 1.29 is 4.79 Å². The number of hydrogen-bond acceptors (Lipinski definition) is 3. The van der Waals surface area contributed by atoms with Gasteiger partial charge in [0.1, 0.15) is 0 Å². The second kappa shape index (κ2) is 11.2. The van der Waals surface area contributed by atoms with Gasteiger partial charge in [0.15, 0.2) is 0 Å². The summed E-state index contributed by atoms with van der Waals surface area (Å²) in [5, 5.41) is 3.59. The zero-order chi connectivity index (χ0) is 17.6. The fourth-order valence-corrected chi connectivity index (χ4v) is 3.38. The van der Waals surface area contributed by atoms with Crippen molar-refractivity contribution in [3.05, 3.63) is 65.7 Å². The second-order valence-electron chi connectivity index (χ2n) is 6.89. The highest BCUT2D eigenvalue weighted by Gasteiger charge is 2.24. The molecule has 2 aromatic carbocycles. The van der Waals surface area contributed by atoms with Gasteiger partial charge in [-0.15, -0.1) is 24.8 Å². The van der Waals surface area contributed by atoms with E-state index in [1.807, 2.05) is 35.2 Å². The monoisotopic (exact) mass is 409 g/mol. The van der Waals surface area contributed by atoms with Crippen LogP contribution in [0.3, 0.4) is 0 Å². The van der Waals surface area contributed by atoms with E-state index in [0.717, 1.165) is 37.2 Å². The Morgan fingerprint density at radius 3 is 2.41 bits per heavy atom. The van der Waals surface area contributed by atoms with Crippen LogP contribution >= 0.6 is 24.8 Å². The Bertz CT molecular complexity index is 704. The second-order valence-corrected chi connectivity index (χ2v) is 6.89. The number of hydrogen-bond donors (Lipinski definition) is 2. The van der Waals surface area contributed by atoms with Crippen LogP contribution in [0.2, 0.25) is 0 Å². The van der Waals surface area contributed by atoms with Gasteiger partial charge in [0.25, 0.3) is 0 Å². The van der Waals surface area contributed by atoms with Crippen LogP contribution in [-0.4, -0.2) is 29.9 Å². The lowest BCUT2D eigenvalue weighted by atomic mass is 10.0. The molecule has 2 aromatic rings. The van der Waals surface area contributed by atoms with Gasteiger partial charge >= 0.3 is 0 Å². The molecule has 1 saturated heterocycles. The molecule has 1 aliphatic heterocycles. The number of rotatable bonds is 5. The van der Waals surface area contributed by atoms with Gasteiger partial charge in [-0.1, -0.05) is 42.5 Å². The van der Waals surface area contributed by atoms with Crippen molar-refractivity contribution in [2.75, 3.05) is 18.4 Å². The van der Waals surface area contributed by atoms with Gasteiger partial charge in [0.2, 0.25) is 5.91 Å². The van der Waals surface area contributed by atoms with Crippen molar-refractivity contribution in [2.24, 2.45) is 5.73 Å². The number of carbonyl (C=O) groups is 1. The van der Waals surface area contributed by atoms with E-state index in [9.17, 15) is 4.79 Å². The molecule has 0 bridgehead atoms. The molecule has 0 aromatic heterocycles. The smallest absolute Gasteiger partial charge is 0.224 e. The van der Waals surface area contributed by atoms with Gasteiger partial charge in [-0.25, -0.2) is 0 Å². The lowest BCUT2D eigenvalue weighted by Gasteiger charge is -2.33. The number of nitrogens with zero attached hydrogens (tertiary/aromatic N) is 1. The van der Waals surface area contributed by atoms with E-state index >= 15 is 0 Å². The molecule has 0 saturated carbocycles. The van der Waals surface area contributed by atoms with E-state index in [0.29, 0.717) is 12.5 Å². The van der Waals surface area contributed by atoms with E-state index in [4.69, 9.17) is 5.73 Å². The van der Waals surface area contributed by atoms with Crippen molar-refractivity contribution in [1.29, 1.82) is 0 Å². The molecule has 4 nitrogen and oxygen atoms in total. The molecule has 1 heterocycles. The highest BCUT2D eigenvalue weighted by molar-refractivity contribution is 5.85. The normalized spacial score (nSPS) is 15.3. The molecule has 148 valence electrons. The molecule has 0 spiro atoms. The standard InChI is InChI=1S/C21H27N3O.2ClH/c1-16-6-5-9-19(14-16)23-18-10-12-24(13-11-18)21(25)15-20(22)17-7-3-2-4-8-17;;/h2-9,14,18,20,23H,10-13,15,22H2,1H3;2*1H. The predicted octanol–water partition coefficient (Wildman–Crippen LogP) is 4.33. The lowest BCUT2D eigenvalue weighted by Crippen LogP contribution is -2.43. The summed E-state index contributed by atoms with van der Waals surface area (Å²) in [6, 6.07) is 18.5. The van der Waals surface area contributed by atoms with Crippen LogP contribution in [0.15, 0.2) is 54.6 Å². The summed E-state index contributed by atoms with van der Waals surface area (Å²) >= 11 is 0. The Balaban J connectivity index is 0.00000182. The number of amides is 1. The minimum absolute atomic E-state index is 0. The predicted molar refractivity (Wildman–Crippen MR) is 117 cm³/mol. The third-order valence-electron chi connectivity index (χ3n) is 4.86. The minimum atomic E-state index is -0.225. The lowest BCUT2D eigenvalue weighted by molar-refractivity contribution is -0.132. The van der Waals surface area contributed by atoms with Crippen LogP contribution in [0.1, 0.15) is 36.4 Å². The maximum absolute atomic E-state index is 12.5. The summed E-state index contributed by atoms with van der Waals surface area (Å²) < 4.78 is 0. The van der Waals surface area contributed by atoms with E-state index in [1.54, 1.807) is 0 Å². The van der Waals surface area contributed by atoms with E-state index in [1.165, 1.54) is 5.56 Å². The molecule has 1 amide bonds. The SMILES string of the molecule is Cc1cccc(NC2CCN(C(=O)CC(N)c3ccccc3)CC2)c1.Cl.Cl. The van der Waals surface area contributed by atoms with Gasteiger partial charge in [-0.05, 0) is 43.0 Å². The van der Waals surface area contributed by atoms with Gasteiger partial charge < -0.3 is 16.0 Å². The number of nitrogens with two attached hydrogens (primary N) is 1. The molecule has 3 rings (SSSR count). The summed E-state index contributed by atoms with van der Waals surface area (Å²) in [4.78, 5) is 14.5. The number of piperidine rings is 1. The molecule has 3 N–H and O–H groups in total. The van der Waals surface area contributed by atoms with Crippen LogP contribution in [0, 0.1) is 6.92 Å². The average Bonchev–Trinajstić information content (AvgIpc) is 2.63. The van der Waals surface area contributed by atoms with E-state index < -0.39 is 0 Å². The zero-order valence-corrected chi connectivity index (χ0v) is 17.3. The number of carbonyl (C=O) groups excluding carboxylic acids is 1. The molecule has 6 heteroatoms. The Morgan fingerprint density at radius 2 is 1.78 bits per heavy atom. The summed E-state index contributed by atoms with van der Waals surface area (Å²) in [6.07, 6.45) is 2.32. The Kier molecular flexibility index (Phi) is 9.64. The summed E-state index contributed by atoms with van der Waals surface area (Å²) in [7, 11) is 0. The van der Waals surface area contributed by atoms with Crippen LogP contribution in [0.25, 0.3) is 0 Å². The highest BCUT2D eigenvalue weighted by Crippen LogP contribution is 2.20. The molecule has 27 heavy (non-hydrogen) atoms. The molecular weight excluding hydrogens is 381 g/mol. The zero-order valence-electron chi connectivity index (χ0n) is 15.6. The van der Waals surface area contributed by atoms with E-state index in [2.05, 4.69) is 36.5 Å². The summed E-state index contributed by atoms with van der Waals surface area (Å²) in [5.41, 5.74) is 9.63. The first-order valence-electron chi connectivity index (χ1n) is 9.03. The maximum Gasteiger partial charge on any atom is 0.224 e. The minimum Gasteiger partial charge on any atom is -0.382 e. The molecule has 1 fully saturated rings. The van der Waals surface area contributed by atoms with Crippen molar-refractivity contribution in [2.45, 2.75) is 38.3 Å². The molecule has 1 unspecified atom stereocenters. The average molecular weight is 410 g/mol. The number of nitrogens with one attached hydrogen (secondary N) is 1. The van der Waals surface area contributed by atoms with Crippen LogP contribution in [0.5, 0.6) is 0 Å². The van der Waals surface area contributed by atoms with Crippen molar-refractivity contribution in [3.8, 4) is 0 Å². The molecule has 0 aliphatic carbocycles. The summed E-state index contributed by atoms with van der Waals surface area (Å²) in [5.74, 6) is 0.158. The topological polar surface area (TPSA) is 58.4 Å². The number of likely N-dealkylation sites (tertiary alicyclic amines) is 1. The first kappa shape index (κ1) is 23.3. The quantitative estimate of drug-likeness (QED) is 0.772. The van der Waals surface area contributed by atoms with Crippen molar-refractivity contribution >= 4 is 36.4 Å². The first-order valence-corrected chi connectivity index (χ1v) is 9.03. The van der Waals surface area contributed by atoms with E-state index in [-0.39, 0.29) is 36.8 Å². The van der Waals surface area contributed by atoms with Gasteiger partial charge in [0.05, 0.1) is 0 Å². The summed E-state index contributed by atoms with van der Waals surface area (Å²) in [6.45, 7) is 3.69. The number of aryl methyl sites for hydroxylation is 1. The van der Waals surface area contributed by atoms with Crippen LogP contribution < -0.4 is 11.1 Å². The fourth-order valence-electron chi connectivity index (χ4n) is 3.38. The number of benzene rings is 2. The van der Waals surface area contributed by atoms with Gasteiger partial charge in [-0.2, -0.15) is 0 Å². The highest BCUT2D eigenvalue weighted by atomic mass is 35.5. The Morgan fingerprint density at radius 1 is 1.11 bits per heavy atom. The van der Waals surface area contributed by atoms with Crippen molar-refractivity contribution in [1.82, 2.24) is 4.90 Å². The van der Waals surface area contributed by atoms with Crippen LogP contribution in [-0.2, 0) is 4.79 Å². The molecule has 0 radical (unpaired) electrons. The molecular formula is C21H29Cl2N3O. The molecule has 1 aliphatic rings. The third kappa shape index (κ3) is 6.73. The fraction of sp³-hybridized carbons (Fsp3) is 0.381. The first-order chi connectivity index (χ1) is 12.1. The van der Waals surface area contributed by atoms with Crippen molar-refractivity contribution in [3.63, 3.8) is 0 Å². The molecule has 1 atom stereocenters.